The number of furan rings is 1. The number of hydrogen-bond acceptors (Lipinski definition) is 4. The van der Waals surface area contributed by atoms with E-state index in [2.05, 4.69) is 168 Å². The molecule has 0 aliphatic heterocycles. The van der Waals surface area contributed by atoms with Gasteiger partial charge in [0.1, 0.15) is 11.2 Å². The van der Waals surface area contributed by atoms with Crippen LogP contribution in [0.3, 0.4) is 0 Å². The summed E-state index contributed by atoms with van der Waals surface area (Å²) >= 11 is 0. The minimum absolute atomic E-state index is 0.583. The van der Waals surface area contributed by atoms with Crippen LogP contribution in [-0.4, -0.2) is 19.5 Å². The zero-order valence-electron chi connectivity index (χ0n) is 32.2. The first kappa shape index (κ1) is 32.9. The van der Waals surface area contributed by atoms with Gasteiger partial charge < -0.3 is 8.98 Å². The van der Waals surface area contributed by atoms with Crippen molar-refractivity contribution < 1.29 is 4.42 Å². The Kier molecular flexibility index (Phi) is 6.95. The molecule has 0 atom stereocenters. The topological polar surface area (TPSA) is 56.7 Å². The average Bonchev–Trinajstić information content (AvgIpc) is 3.85. The quantitative estimate of drug-likeness (QED) is 0.167. The number of rotatable bonds is 4. The Bertz CT molecular complexity index is 3900. The maximum atomic E-state index is 6.70. The molecule has 0 N–H and O–H groups in total. The van der Waals surface area contributed by atoms with E-state index in [0.717, 1.165) is 82.3 Å². The highest BCUT2D eigenvalue weighted by molar-refractivity contribution is 6.23. The molecule has 0 spiro atoms. The predicted octanol–water partition coefficient (Wildman–Crippen LogP) is 14.5. The number of hydrogen-bond donors (Lipinski definition) is 0. The monoisotopic (exact) mass is 764 g/mol. The largest absolute Gasteiger partial charge is 0.456 e. The van der Waals surface area contributed by atoms with Crippen molar-refractivity contribution in [1.82, 2.24) is 19.5 Å². The van der Waals surface area contributed by atoms with Gasteiger partial charge in [-0.25, -0.2) is 15.0 Å². The van der Waals surface area contributed by atoms with Crippen molar-refractivity contribution in [3.8, 4) is 39.9 Å². The molecule has 0 aliphatic carbocycles. The van der Waals surface area contributed by atoms with Gasteiger partial charge in [-0.15, -0.1) is 0 Å². The Morgan fingerprint density at radius 3 is 1.75 bits per heavy atom. The van der Waals surface area contributed by atoms with Crippen LogP contribution in [0.1, 0.15) is 0 Å². The molecular weight excluding hydrogens is 733 g/mol. The summed E-state index contributed by atoms with van der Waals surface area (Å²) in [5, 5.41) is 13.7. The molecule has 13 rings (SSSR count). The third-order valence-electron chi connectivity index (χ3n) is 12.2. The van der Waals surface area contributed by atoms with Gasteiger partial charge >= 0.3 is 0 Å². The molecule has 5 heteroatoms. The van der Waals surface area contributed by atoms with Crippen LogP contribution in [-0.2, 0) is 0 Å². The highest BCUT2D eigenvalue weighted by Crippen LogP contribution is 2.43. The van der Waals surface area contributed by atoms with E-state index >= 15 is 0 Å². The third kappa shape index (κ3) is 4.90. The van der Waals surface area contributed by atoms with Crippen LogP contribution in [0.15, 0.2) is 199 Å². The molecule has 3 heterocycles. The molecule has 0 aliphatic rings. The second kappa shape index (κ2) is 12.7. The van der Waals surface area contributed by atoms with Crippen LogP contribution in [0.2, 0.25) is 0 Å². The van der Waals surface area contributed by atoms with Gasteiger partial charge in [-0.05, 0) is 91.6 Å². The summed E-state index contributed by atoms with van der Waals surface area (Å²) < 4.78 is 9.10. The summed E-state index contributed by atoms with van der Waals surface area (Å²) in [6.07, 6.45) is 0. The minimum atomic E-state index is 0.583. The van der Waals surface area contributed by atoms with Crippen molar-refractivity contribution in [2.24, 2.45) is 0 Å². The van der Waals surface area contributed by atoms with Gasteiger partial charge in [0.2, 0.25) is 0 Å². The minimum Gasteiger partial charge on any atom is -0.456 e. The highest BCUT2D eigenvalue weighted by atomic mass is 16.3. The van der Waals surface area contributed by atoms with Crippen molar-refractivity contribution in [3.63, 3.8) is 0 Å². The molecule has 0 saturated heterocycles. The molecule has 0 fully saturated rings. The van der Waals surface area contributed by atoms with Gasteiger partial charge in [-0.3, -0.25) is 0 Å². The van der Waals surface area contributed by atoms with Gasteiger partial charge in [0.05, 0.1) is 11.0 Å². The molecule has 0 bridgehead atoms. The molecule has 10 aromatic carbocycles. The van der Waals surface area contributed by atoms with Crippen LogP contribution < -0.4 is 0 Å². The van der Waals surface area contributed by atoms with E-state index in [1.165, 1.54) is 26.9 Å². The van der Waals surface area contributed by atoms with Crippen LogP contribution in [0.4, 0.5) is 0 Å². The molecule has 0 saturated carbocycles. The van der Waals surface area contributed by atoms with Crippen LogP contribution in [0.5, 0.6) is 0 Å². The number of aromatic nitrogens is 4. The van der Waals surface area contributed by atoms with Crippen molar-refractivity contribution in [2.45, 2.75) is 0 Å². The van der Waals surface area contributed by atoms with Crippen molar-refractivity contribution in [2.75, 3.05) is 0 Å². The third-order valence-corrected chi connectivity index (χ3v) is 12.2. The number of para-hydroxylation sites is 2. The maximum Gasteiger partial charge on any atom is 0.164 e. The summed E-state index contributed by atoms with van der Waals surface area (Å²) in [5.41, 5.74) is 7.76. The predicted molar refractivity (Wildman–Crippen MR) is 248 cm³/mol. The number of fused-ring (bicyclic) bond motifs is 12. The van der Waals surface area contributed by atoms with Crippen LogP contribution >= 0.6 is 0 Å². The first-order valence-electron chi connectivity index (χ1n) is 20.3. The summed E-state index contributed by atoms with van der Waals surface area (Å²) in [4.78, 5) is 15.9. The molecule has 3 aromatic heterocycles. The SMILES string of the molecule is c1ccc(-c2nc(-c3cc4ccccc4c4ccccc34)nc(-c3cc4oc5ccccc5c4c4cc(-n5c6ccccc6c6cc7ccccc7cc65)ccc34)n2)cc1. The van der Waals surface area contributed by atoms with Crippen molar-refractivity contribution in [3.05, 3.63) is 194 Å². The molecule has 0 unspecified atom stereocenters. The van der Waals surface area contributed by atoms with Crippen molar-refractivity contribution in [1.29, 1.82) is 0 Å². The Balaban J connectivity index is 1.12. The fraction of sp³-hybridized carbons (Fsp3) is 0. The fourth-order valence-electron chi connectivity index (χ4n) is 9.46. The lowest BCUT2D eigenvalue weighted by atomic mass is 9.96. The molecular formula is C55H32N4O. The number of nitrogens with zero attached hydrogens (tertiary/aromatic N) is 4. The molecule has 60 heavy (non-hydrogen) atoms. The van der Waals surface area contributed by atoms with Gasteiger partial charge in [0.25, 0.3) is 0 Å². The number of benzene rings is 10. The van der Waals surface area contributed by atoms with Gasteiger partial charge in [0, 0.05) is 43.9 Å². The zero-order valence-corrected chi connectivity index (χ0v) is 32.2. The second-order valence-corrected chi connectivity index (χ2v) is 15.6. The maximum absolute atomic E-state index is 6.70. The van der Waals surface area contributed by atoms with E-state index in [9.17, 15) is 0 Å². The summed E-state index contributed by atoms with van der Waals surface area (Å²) in [5.74, 6) is 1.81. The Labute approximate surface area is 343 Å². The van der Waals surface area contributed by atoms with Gasteiger partial charge in [-0.1, -0.05) is 146 Å². The Morgan fingerprint density at radius 2 is 0.933 bits per heavy atom. The average molecular weight is 765 g/mol. The van der Waals surface area contributed by atoms with Gasteiger partial charge in [0.15, 0.2) is 17.5 Å². The molecule has 0 radical (unpaired) electrons. The first-order chi connectivity index (χ1) is 29.7. The van der Waals surface area contributed by atoms with E-state index in [1.807, 2.05) is 30.3 Å². The van der Waals surface area contributed by atoms with E-state index in [0.29, 0.717) is 17.5 Å². The van der Waals surface area contributed by atoms with Crippen molar-refractivity contribution >= 4 is 86.8 Å². The first-order valence-corrected chi connectivity index (χ1v) is 20.3. The summed E-state index contributed by atoms with van der Waals surface area (Å²) in [6.45, 7) is 0. The fourth-order valence-corrected chi connectivity index (χ4v) is 9.46. The van der Waals surface area contributed by atoms with E-state index in [4.69, 9.17) is 19.4 Å². The van der Waals surface area contributed by atoms with E-state index < -0.39 is 0 Å². The standard InChI is InChI=1S/C55H32N4O/c1-2-14-33(15-3-1)53-56-54(46-29-36-18-6-7-19-38(36)39-20-8-9-21-40(39)46)58-55(57-53)47-32-51-52(43-23-11-13-25-50(43)60-51)45-31-37(26-27-41(45)47)59-48-24-12-10-22-42(48)44-28-34-16-4-5-17-35(34)30-49(44)59/h1-32H. The lowest BCUT2D eigenvalue weighted by Gasteiger charge is -2.14. The lowest BCUT2D eigenvalue weighted by Crippen LogP contribution is -2.01. The van der Waals surface area contributed by atoms with E-state index in [-0.39, 0.29) is 0 Å². The summed E-state index contributed by atoms with van der Waals surface area (Å²) in [6, 6.07) is 68.6. The molecule has 5 nitrogen and oxygen atoms in total. The highest BCUT2D eigenvalue weighted by Gasteiger charge is 2.22. The lowest BCUT2D eigenvalue weighted by molar-refractivity contribution is 0.669. The van der Waals surface area contributed by atoms with Gasteiger partial charge in [-0.2, -0.15) is 0 Å². The van der Waals surface area contributed by atoms with Crippen LogP contribution in [0.25, 0.3) is 127 Å². The smallest absolute Gasteiger partial charge is 0.164 e. The molecule has 0 amide bonds. The Hall–Kier alpha value is -8.15. The van der Waals surface area contributed by atoms with E-state index in [1.54, 1.807) is 0 Å². The molecule has 278 valence electrons. The zero-order chi connectivity index (χ0) is 39.3. The Morgan fingerprint density at radius 1 is 0.333 bits per heavy atom. The summed E-state index contributed by atoms with van der Waals surface area (Å²) in [7, 11) is 0. The second-order valence-electron chi connectivity index (χ2n) is 15.6. The normalized spacial score (nSPS) is 12.0. The molecule has 13 aromatic rings. The van der Waals surface area contributed by atoms with Crippen LogP contribution in [0, 0.1) is 0 Å².